The molecule has 4 heteroatoms. The number of imidazole rings is 1. The standard InChI is InChI=1S/C16H28N4/c1-13(11-14-5-2-3-8-18-14)19-15-6-4-7-16(15)20-10-9-17-12-20/h9-10,12-16,18-19H,2-8,11H2,1H3. The van der Waals surface area contributed by atoms with Crippen LogP contribution in [-0.4, -0.2) is 34.2 Å². The van der Waals surface area contributed by atoms with Crippen molar-refractivity contribution >= 4 is 0 Å². The summed E-state index contributed by atoms with van der Waals surface area (Å²) in [7, 11) is 0. The number of nitrogens with one attached hydrogen (secondary N) is 2. The number of nitrogens with zero attached hydrogens (tertiary/aromatic N) is 2. The van der Waals surface area contributed by atoms with Crippen LogP contribution in [0.25, 0.3) is 0 Å². The highest BCUT2D eigenvalue weighted by Gasteiger charge is 2.29. The summed E-state index contributed by atoms with van der Waals surface area (Å²) in [4.78, 5) is 4.20. The second kappa shape index (κ2) is 6.72. The summed E-state index contributed by atoms with van der Waals surface area (Å²) in [6, 6.07) is 2.53. The molecule has 4 nitrogen and oxygen atoms in total. The predicted octanol–water partition coefficient (Wildman–Crippen LogP) is 2.49. The van der Waals surface area contributed by atoms with Gasteiger partial charge >= 0.3 is 0 Å². The fourth-order valence-corrected chi connectivity index (χ4v) is 3.94. The average Bonchev–Trinajstić information content (AvgIpc) is 3.10. The molecule has 2 fully saturated rings. The van der Waals surface area contributed by atoms with Crippen molar-refractivity contribution in [3.8, 4) is 0 Å². The summed E-state index contributed by atoms with van der Waals surface area (Å²) >= 11 is 0. The molecular weight excluding hydrogens is 248 g/mol. The van der Waals surface area contributed by atoms with Gasteiger partial charge in [-0.05, 0) is 52.0 Å². The van der Waals surface area contributed by atoms with Crippen LogP contribution in [0.4, 0.5) is 0 Å². The van der Waals surface area contributed by atoms with E-state index in [1.54, 1.807) is 0 Å². The minimum absolute atomic E-state index is 0.597. The first-order chi connectivity index (χ1) is 9.83. The maximum absolute atomic E-state index is 4.20. The summed E-state index contributed by atoms with van der Waals surface area (Å²) < 4.78 is 2.29. The van der Waals surface area contributed by atoms with Crippen LogP contribution in [0, 0.1) is 0 Å². The van der Waals surface area contributed by atoms with E-state index in [0.717, 1.165) is 6.04 Å². The number of hydrogen-bond donors (Lipinski definition) is 2. The van der Waals surface area contributed by atoms with Gasteiger partial charge in [0.25, 0.3) is 0 Å². The highest BCUT2D eigenvalue weighted by atomic mass is 15.1. The van der Waals surface area contributed by atoms with Gasteiger partial charge in [-0.1, -0.05) is 6.42 Å². The van der Waals surface area contributed by atoms with Gasteiger partial charge in [0, 0.05) is 36.6 Å². The van der Waals surface area contributed by atoms with Crippen molar-refractivity contribution in [3.63, 3.8) is 0 Å². The Morgan fingerprint density at radius 2 is 2.25 bits per heavy atom. The largest absolute Gasteiger partial charge is 0.333 e. The lowest BCUT2D eigenvalue weighted by molar-refractivity contribution is 0.305. The maximum Gasteiger partial charge on any atom is 0.0949 e. The minimum Gasteiger partial charge on any atom is -0.333 e. The third kappa shape index (κ3) is 3.41. The Kier molecular flexibility index (Phi) is 4.73. The molecule has 112 valence electrons. The molecule has 4 atom stereocenters. The van der Waals surface area contributed by atoms with Crippen LogP contribution >= 0.6 is 0 Å². The van der Waals surface area contributed by atoms with Gasteiger partial charge < -0.3 is 15.2 Å². The van der Waals surface area contributed by atoms with Gasteiger partial charge in [0.2, 0.25) is 0 Å². The molecule has 20 heavy (non-hydrogen) atoms. The van der Waals surface area contributed by atoms with E-state index in [0.29, 0.717) is 18.1 Å². The fourth-order valence-electron chi connectivity index (χ4n) is 3.94. The highest BCUT2D eigenvalue weighted by Crippen LogP contribution is 2.30. The molecule has 2 aliphatic rings. The highest BCUT2D eigenvalue weighted by molar-refractivity contribution is 4.93. The van der Waals surface area contributed by atoms with E-state index in [4.69, 9.17) is 0 Å². The molecule has 2 heterocycles. The second-order valence-electron chi connectivity index (χ2n) is 6.56. The fraction of sp³-hybridized carbons (Fsp3) is 0.812. The quantitative estimate of drug-likeness (QED) is 0.868. The van der Waals surface area contributed by atoms with Gasteiger partial charge in [-0.3, -0.25) is 0 Å². The van der Waals surface area contributed by atoms with Crippen molar-refractivity contribution in [1.82, 2.24) is 20.2 Å². The van der Waals surface area contributed by atoms with Crippen molar-refractivity contribution < 1.29 is 0 Å². The molecule has 0 amide bonds. The molecule has 1 saturated carbocycles. The first kappa shape index (κ1) is 14.1. The Bertz CT molecular complexity index is 383. The number of aromatic nitrogens is 2. The first-order valence-corrected chi connectivity index (χ1v) is 8.30. The average molecular weight is 276 g/mol. The van der Waals surface area contributed by atoms with Crippen LogP contribution < -0.4 is 10.6 Å². The van der Waals surface area contributed by atoms with Gasteiger partial charge in [0.05, 0.1) is 6.33 Å². The molecule has 0 aromatic carbocycles. The molecule has 3 rings (SSSR count). The molecule has 2 N–H and O–H groups in total. The van der Waals surface area contributed by atoms with Gasteiger partial charge in [-0.25, -0.2) is 4.98 Å². The summed E-state index contributed by atoms with van der Waals surface area (Å²) in [6.07, 6.45) is 15.2. The Hall–Kier alpha value is -0.870. The maximum atomic E-state index is 4.20. The summed E-state index contributed by atoms with van der Waals surface area (Å²) in [5.41, 5.74) is 0. The Labute approximate surface area is 122 Å². The second-order valence-corrected chi connectivity index (χ2v) is 6.56. The molecular formula is C16H28N4. The van der Waals surface area contributed by atoms with Crippen LogP contribution in [0.3, 0.4) is 0 Å². The third-order valence-electron chi connectivity index (χ3n) is 4.94. The molecule has 0 radical (unpaired) electrons. The molecule has 1 aromatic heterocycles. The van der Waals surface area contributed by atoms with E-state index in [9.17, 15) is 0 Å². The first-order valence-electron chi connectivity index (χ1n) is 8.30. The van der Waals surface area contributed by atoms with Gasteiger partial charge in [-0.15, -0.1) is 0 Å². The van der Waals surface area contributed by atoms with Crippen molar-refractivity contribution in [2.45, 2.75) is 76.0 Å². The van der Waals surface area contributed by atoms with Crippen LogP contribution in [0.5, 0.6) is 0 Å². The predicted molar refractivity (Wildman–Crippen MR) is 81.8 cm³/mol. The lowest BCUT2D eigenvalue weighted by atomic mass is 9.98. The molecule has 4 unspecified atom stereocenters. The third-order valence-corrected chi connectivity index (χ3v) is 4.94. The van der Waals surface area contributed by atoms with E-state index < -0.39 is 0 Å². The number of rotatable bonds is 5. The van der Waals surface area contributed by atoms with Crippen LogP contribution in [-0.2, 0) is 0 Å². The lowest BCUT2D eigenvalue weighted by Crippen LogP contribution is -2.44. The van der Waals surface area contributed by atoms with E-state index >= 15 is 0 Å². The summed E-state index contributed by atoms with van der Waals surface area (Å²) in [5.74, 6) is 0. The SMILES string of the molecule is CC(CC1CCCCN1)NC1CCCC1n1ccnc1. The van der Waals surface area contributed by atoms with Crippen LogP contribution in [0.1, 0.15) is 57.9 Å². The Morgan fingerprint density at radius 1 is 1.30 bits per heavy atom. The van der Waals surface area contributed by atoms with Crippen molar-refractivity contribution in [2.75, 3.05) is 6.54 Å². The van der Waals surface area contributed by atoms with E-state index in [-0.39, 0.29) is 0 Å². The zero-order valence-electron chi connectivity index (χ0n) is 12.6. The van der Waals surface area contributed by atoms with E-state index in [2.05, 4.69) is 33.3 Å². The van der Waals surface area contributed by atoms with Gasteiger partial charge in [0.1, 0.15) is 0 Å². The minimum atomic E-state index is 0.597. The zero-order chi connectivity index (χ0) is 13.8. The normalized spacial score (nSPS) is 32.4. The van der Waals surface area contributed by atoms with Crippen molar-refractivity contribution in [3.05, 3.63) is 18.7 Å². The van der Waals surface area contributed by atoms with Crippen molar-refractivity contribution in [1.29, 1.82) is 0 Å². The summed E-state index contributed by atoms with van der Waals surface area (Å²) in [5, 5.41) is 7.53. The molecule has 1 aromatic rings. The molecule has 0 bridgehead atoms. The topological polar surface area (TPSA) is 41.9 Å². The molecule has 1 aliphatic carbocycles. The Morgan fingerprint density at radius 3 is 3.00 bits per heavy atom. The number of hydrogen-bond acceptors (Lipinski definition) is 3. The van der Waals surface area contributed by atoms with Gasteiger partial charge in [0.15, 0.2) is 0 Å². The molecule has 1 saturated heterocycles. The van der Waals surface area contributed by atoms with E-state index in [1.807, 2.05) is 12.5 Å². The van der Waals surface area contributed by atoms with Crippen molar-refractivity contribution in [2.24, 2.45) is 0 Å². The number of piperidine rings is 1. The lowest BCUT2D eigenvalue weighted by Gasteiger charge is -2.30. The van der Waals surface area contributed by atoms with Gasteiger partial charge in [-0.2, -0.15) is 0 Å². The zero-order valence-corrected chi connectivity index (χ0v) is 12.6. The van der Waals surface area contributed by atoms with Crippen LogP contribution in [0.15, 0.2) is 18.7 Å². The molecule has 0 spiro atoms. The summed E-state index contributed by atoms with van der Waals surface area (Å²) in [6.45, 7) is 3.55. The monoisotopic (exact) mass is 276 g/mol. The Balaban J connectivity index is 1.51. The van der Waals surface area contributed by atoms with Crippen LogP contribution in [0.2, 0.25) is 0 Å². The molecule has 1 aliphatic heterocycles. The van der Waals surface area contributed by atoms with E-state index in [1.165, 1.54) is 51.5 Å². The smallest absolute Gasteiger partial charge is 0.0949 e.